The fraction of sp³-hybridized carbons (Fsp3) is 0.0556. The molecular formula is C18H13BrN4S. The zero-order valence-corrected chi connectivity index (χ0v) is 15.2. The third-order valence-electron chi connectivity index (χ3n) is 3.39. The Hall–Kier alpha value is -2.49. The first-order valence-electron chi connectivity index (χ1n) is 7.18. The third kappa shape index (κ3) is 3.70. The van der Waals surface area contributed by atoms with Gasteiger partial charge in [-0.2, -0.15) is 10.4 Å². The van der Waals surface area contributed by atoms with E-state index in [1.165, 1.54) is 11.3 Å². The summed E-state index contributed by atoms with van der Waals surface area (Å²) < 4.78 is 1.02. The van der Waals surface area contributed by atoms with Gasteiger partial charge >= 0.3 is 0 Å². The van der Waals surface area contributed by atoms with Gasteiger partial charge < -0.3 is 0 Å². The second-order valence-corrected chi connectivity index (χ2v) is 6.82. The average Bonchev–Trinajstić information content (AvgIpc) is 3.07. The van der Waals surface area contributed by atoms with Crippen LogP contribution in [0.1, 0.15) is 10.6 Å². The highest BCUT2D eigenvalue weighted by Gasteiger charge is 2.10. The first kappa shape index (κ1) is 16.4. The van der Waals surface area contributed by atoms with E-state index in [-0.39, 0.29) is 5.71 Å². The van der Waals surface area contributed by atoms with Crippen LogP contribution in [0.25, 0.3) is 11.3 Å². The van der Waals surface area contributed by atoms with Crippen LogP contribution in [-0.4, -0.2) is 10.7 Å². The minimum Gasteiger partial charge on any atom is -0.277 e. The Bertz CT molecular complexity index is 923. The molecule has 0 amide bonds. The van der Waals surface area contributed by atoms with E-state index in [2.05, 4.69) is 37.5 Å². The van der Waals surface area contributed by atoms with Crippen molar-refractivity contribution in [2.24, 2.45) is 5.10 Å². The van der Waals surface area contributed by atoms with Gasteiger partial charge in [0, 0.05) is 15.4 Å². The molecule has 2 aromatic carbocycles. The van der Waals surface area contributed by atoms with E-state index in [0.29, 0.717) is 5.01 Å². The van der Waals surface area contributed by atoms with Gasteiger partial charge in [0.2, 0.25) is 0 Å². The quantitative estimate of drug-likeness (QED) is 0.485. The maximum Gasteiger partial charge on any atom is 0.196 e. The summed E-state index contributed by atoms with van der Waals surface area (Å²) in [6.45, 7) is 1.99. The zero-order chi connectivity index (χ0) is 16.9. The van der Waals surface area contributed by atoms with E-state index in [0.717, 1.165) is 27.0 Å². The van der Waals surface area contributed by atoms with Gasteiger partial charge in [0.15, 0.2) is 10.7 Å². The number of anilines is 1. The number of aromatic nitrogens is 1. The summed E-state index contributed by atoms with van der Waals surface area (Å²) in [5.74, 6) is 0. The van der Waals surface area contributed by atoms with Crippen molar-refractivity contribution >= 4 is 38.7 Å². The molecule has 3 aromatic rings. The van der Waals surface area contributed by atoms with Crippen molar-refractivity contribution in [1.29, 1.82) is 5.26 Å². The normalized spacial score (nSPS) is 11.1. The number of hydrogen-bond donors (Lipinski definition) is 1. The van der Waals surface area contributed by atoms with Gasteiger partial charge in [-0.15, -0.1) is 11.3 Å². The number of nitrogens with zero attached hydrogens (tertiary/aromatic N) is 3. The summed E-state index contributed by atoms with van der Waals surface area (Å²) in [6.07, 6.45) is 0. The molecule has 0 aliphatic carbocycles. The van der Waals surface area contributed by atoms with Crippen LogP contribution in [0.5, 0.6) is 0 Å². The predicted molar refractivity (Wildman–Crippen MR) is 102 cm³/mol. The van der Waals surface area contributed by atoms with E-state index >= 15 is 0 Å². The van der Waals surface area contributed by atoms with E-state index in [4.69, 9.17) is 0 Å². The van der Waals surface area contributed by atoms with Crippen molar-refractivity contribution in [3.63, 3.8) is 0 Å². The topological polar surface area (TPSA) is 61.1 Å². The molecule has 4 nitrogen and oxygen atoms in total. The summed E-state index contributed by atoms with van der Waals surface area (Å²) in [6, 6.07) is 17.8. The lowest BCUT2D eigenvalue weighted by Gasteiger charge is -2.03. The number of thiazole rings is 1. The van der Waals surface area contributed by atoms with Crippen LogP contribution in [0.3, 0.4) is 0 Å². The standard InChI is InChI=1S/C18H13BrN4S/c1-12-4-2-3-5-15(12)22-23-16(10-20)18-21-17(11-24-18)13-6-8-14(19)9-7-13/h2-9,11,22H,1H3/b23-16-. The monoisotopic (exact) mass is 396 g/mol. The maximum absolute atomic E-state index is 9.38. The number of nitrogens with one attached hydrogen (secondary N) is 1. The van der Waals surface area contributed by atoms with E-state index in [1.807, 2.05) is 60.8 Å². The van der Waals surface area contributed by atoms with Gasteiger partial charge in [0.25, 0.3) is 0 Å². The molecule has 0 saturated carbocycles. The number of benzene rings is 2. The van der Waals surface area contributed by atoms with Crippen molar-refractivity contribution in [2.75, 3.05) is 5.43 Å². The molecule has 118 valence electrons. The zero-order valence-electron chi connectivity index (χ0n) is 12.8. The number of aryl methyl sites for hydroxylation is 1. The summed E-state index contributed by atoms with van der Waals surface area (Å²) in [5, 5.41) is 16.1. The second kappa shape index (κ2) is 7.39. The van der Waals surface area contributed by atoms with Crippen LogP contribution >= 0.6 is 27.3 Å². The fourth-order valence-electron chi connectivity index (χ4n) is 2.07. The maximum atomic E-state index is 9.38. The minimum atomic E-state index is 0.270. The van der Waals surface area contributed by atoms with Crippen molar-refractivity contribution in [3.8, 4) is 17.3 Å². The van der Waals surface area contributed by atoms with Crippen LogP contribution in [-0.2, 0) is 0 Å². The van der Waals surface area contributed by atoms with Gasteiger partial charge in [-0.1, -0.05) is 46.3 Å². The van der Waals surface area contributed by atoms with Gasteiger partial charge in [-0.25, -0.2) is 4.98 Å². The molecule has 0 bridgehead atoms. The Labute approximate surface area is 152 Å². The van der Waals surface area contributed by atoms with Crippen LogP contribution in [0, 0.1) is 18.3 Å². The Morgan fingerprint density at radius 2 is 1.96 bits per heavy atom. The molecule has 0 atom stereocenters. The highest BCUT2D eigenvalue weighted by Crippen LogP contribution is 2.24. The van der Waals surface area contributed by atoms with Crippen molar-refractivity contribution < 1.29 is 0 Å². The Morgan fingerprint density at radius 1 is 1.21 bits per heavy atom. The smallest absolute Gasteiger partial charge is 0.196 e. The second-order valence-electron chi connectivity index (χ2n) is 5.04. The molecule has 0 unspecified atom stereocenters. The lowest BCUT2D eigenvalue weighted by atomic mass is 10.2. The Balaban J connectivity index is 1.84. The number of hydrazone groups is 1. The van der Waals surface area contributed by atoms with E-state index < -0.39 is 0 Å². The molecule has 6 heteroatoms. The van der Waals surface area contributed by atoms with Gasteiger partial charge in [-0.3, -0.25) is 5.43 Å². The number of nitriles is 1. The molecule has 0 aliphatic rings. The van der Waals surface area contributed by atoms with Crippen molar-refractivity contribution in [1.82, 2.24) is 4.98 Å². The molecule has 24 heavy (non-hydrogen) atoms. The Morgan fingerprint density at radius 3 is 2.67 bits per heavy atom. The molecule has 0 fully saturated rings. The van der Waals surface area contributed by atoms with Crippen molar-refractivity contribution in [3.05, 3.63) is 69.0 Å². The molecular weight excluding hydrogens is 384 g/mol. The average molecular weight is 397 g/mol. The molecule has 1 N–H and O–H groups in total. The molecule has 0 spiro atoms. The molecule has 0 aliphatic heterocycles. The van der Waals surface area contributed by atoms with Gasteiger partial charge in [0.1, 0.15) is 6.07 Å². The summed E-state index contributed by atoms with van der Waals surface area (Å²) in [4.78, 5) is 4.53. The van der Waals surface area contributed by atoms with Crippen LogP contribution in [0.4, 0.5) is 5.69 Å². The summed E-state index contributed by atoms with van der Waals surface area (Å²) in [5.41, 5.74) is 6.99. The number of para-hydroxylation sites is 1. The molecule has 1 aromatic heterocycles. The first-order chi connectivity index (χ1) is 11.7. The van der Waals surface area contributed by atoms with Crippen LogP contribution in [0.2, 0.25) is 0 Å². The molecule has 1 heterocycles. The largest absolute Gasteiger partial charge is 0.277 e. The highest BCUT2D eigenvalue weighted by atomic mass is 79.9. The number of halogens is 1. The lowest BCUT2D eigenvalue weighted by molar-refractivity contribution is 1.28. The summed E-state index contributed by atoms with van der Waals surface area (Å²) >= 11 is 4.82. The third-order valence-corrected chi connectivity index (χ3v) is 4.76. The fourth-order valence-corrected chi connectivity index (χ4v) is 3.10. The number of rotatable bonds is 4. The van der Waals surface area contributed by atoms with Gasteiger partial charge in [0.05, 0.1) is 11.4 Å². The minimum absolute atomic E-state index is 0.270. The van der Waals surface area contributed by atoms with Crippen LogP contribution < -0.4 is 5.43 Å². The summed E-state index contributed by atoms with van der Waals surface area (Å²) in [7, 11) is 0. The Kier molecular flexibility index (Phi) is 5.04. The van der Waals surface area contributed by atoms with Crippen LogP contribution in [0.15, 0.2) is 63.5 Å². The lowest BCUT2D eigenvalue weighted by Crippen LogP contribution is -2.02. The van der Waals surface area contributed by atoms with E-state index in [9.17, 15) is 5.26 Å². The molecule has 3 rings (SSSR count). The number of hydrogen-bond acceptors (Lipinski definition) is 5. The predicted octanol–water partition coefficient (Wildman–Crippen LogP) is 5.22. The van der Waals surface area contributed by atoms with Crippen molar-refractivity contribution in [2.45, 2.75) is 6.92 Å². The molecule has 0 radical (unpaired) electrons. The van der Waals surface area contributed by atoms with E-state index in [1.54, 1.807) is 0 Å². The SMILES string of the molecule is Cc1ccccc1N/N=C(/C#N)c1nc(-c2ccc(Br)cc2)cs1. The highest BCUT2D eigenvalue weighted by molar-refractivity contribution is 9.10. The first-order valence-corrected chi connectivity index (χ1v) is 8.86. The molecule has 0 saturated heterocycles. The van der Waals surface area contributed by atoms with Gasteiger partial charge in [-0.05, 0) is 30.7 Å².